The first-order valence-electron chi connectivity index (χ1n) is 7.92. The Morgan fingerprint density at radius 2 is 1.29 bits per heavy atom. The van der Waals surface area contributed by atoms with Crippen molar-refractivity contribution < 1.29 is 24.5 Å². The molecule has 0 spiro atoms. The maximum atomic E-state index is 11.6. The van der Waals surface area contributed by atoms with Crippen LogP contribution in [0, 0.1) is 0 Å². The topological polar surface area (TPSA) is 83.8 Å². The van der Waals surface area contributed by atoms with E-state index in [1.54, 1.807) is 19.9 Å². The fraction of sp³-hybridized carbons (Fsp3) is 0.579. The van der Waals surface area contributed by atoms with Gasteiger partial charge in [-0.2, -0.15) is 0 Å². The van der Waals surface area contributed by atoms with E-state index in [9.17, 15) is 14.7 Å². The summed E-state index contributed by atoms with van der Waals surface area (Å²) in [6, 6.07) is 3.50. The van der Waals surface area contributed by atoms with Gasteiger partial charge in [0.2, 0.25) is 0 Å². The lowest BCUT2D eigenvalue weighted by Gasteiger charge is -2.34. The molecule has 0 unspecified atom stereocenters. The highest BCUT2D eigenvalue weighted by molar-refractivity contribution is 6.28. The highest BCUT2D eigenvalue weighted by Crippen LogP contribution is 2.41. The number of carbonyl (C=O) groups is 2. The molecule has 5 heteroatoms. The van der Waals surface area contributed by atoms with Gasteiger partial charge in [-0.15, -0.1) is 0 Å². The van der Waals surface area contributed by atoms with Gasteiger partial charge in [0.15, 0.2) is 0 Å². The van der Waals surface area contributed by atoms with Crippen LogP contribution in [0.3, 0.4) is 0 Å². The van der Waals surface area contributed by atoms with Gasteiger partial charge in [-0.3, -0.25) is 0 Å². The molecule has 2 N–H and O–H groups in total. The molecular weight excluding hydrogens is 308 g/mol. The highest BCUT2D eigenvalue weighted by atomic mass is 16.6. The number of ether oxygens (including phenoxy) is 1. The van der Waals surface area contributed by atoms with Gasteiger partial charge in [-0.1, -0.05) is 41.5 Å². The summed E-state index contributed by atoms with van der Waals surface area (Å²) in [6.45, 7) is 15.2. The largest absolute Gasteiger partial charge is 0.508 e. The standard InChI is InChI=1S/C19H28O5/c1-17(2,3)11-10-14(20)13(18(4,5)6)9-12(11)19(7,8)24-16(23)15(21)22/h9-10,20H,1-8H3,(H,21,22). The number of carboxylic acids is 1. The lowest BCUT2D eigenvalue weighted by molar-refractivity contribution is -0.173. The van der Waals surface area contributed by atoms with E-state index in [-0.39, 0.29) is 16.6 Å². The normalized spacial score (nSPS) is 12.8. The van der Waals surface area contributed by atoms with Crippen LogP contribution in [0.4, 0.5) is 0 Å². The average Bonchev–Trinajstić information content (AvgIpc) is 2.34. The molecule has 134 valence electrons. The zero-order valence-corrected chi connectivity index (χ0v) is 15.8. The minimum atomic E-state index is -1.63. The zero-order chi connectivity index (χ0) is 19.1. The van der Waals surface area contributed by atoms with Crippen LogP contribution in [0.5, 0.6) is 5.75 Å². The lowest BCUT2D eigenvalue weighted by atomic mass is 9.75. The summed E-state index contributed by atoms with van der Waals surface area (Å²) in [5, 5.41) is 19.3. The van der Waals surface area contributed by atoms with Crippen molar-refractivity contribution in [3.8, 4) is 5.75 Å². The van der Waals surface area contributed by atoms with Crippen molar-refractivity contribution in [2.75, 3.05) is 0 Å². The number of phenols is 1. The van der Waals surface area contributed by atoms with Gasteiger partial charge in [0.05, 0.1) is 0 Å². The smallest absolute Gasteiger partial charge is 0.418 e. The van der Waals surface area contributed by atoms with E-state index in [0.717, 1.165) is 5.56 Å². The molecule has 5 nitrogen and oxygen atoms in total. The van der Waals surface area contributed by atoms with E-state index in [0.29, 0.717) is 11.1 Å². The lowest BCUT2D eigenvalue weighted by Crippen LogP contribution is -2.33. The van der Waals surface area contributed by atoms with Crippen molar-refractivity contribution in [3.05, 3.63) is 28.8 Å². The number of aliphatic carboxylic acids is 1. The number of esters is 1. The van der Waals surface area contributed by atoms with Crippen LogP contribution < -0.4 is 0 Å². The third-order valence-corrected chi connectivity index (χ3v) is 3.92. The van der Waals surface area contributed by atoms with Crippen molar-refractivity contribution in [2.24, 2.45) is 0 Å². The monoisotopic (exact) mass is 336 g/mol. The molecule has 0 amide bonds. The second kappa shape index (κ2) is 6.11. The van der Waals surface area contributed by atoms with Crippen LogP contribution in [-0.2, 0) is 30.8 Å². The molecule has 0 atom stereocenters. The van der Waals surface area contributed by atoms with E-state index in [2.05, 4.69) is 0 Å². The van der Waals surface area contributed by atoms with Crippen molar-refractivity contribution >= 4 is 11.9 Å². The van der Waals surface area contributed by atoms with E-state index >= 15 is 0 Å². The average molecular weight is 336 g/mol. The third-order valence-electron chi connectivity index (χ3n) is 3.92. The fourth-order valence-electron chi connectivity index (χ4n) is 2.64. The number of hydrogen-bond acceptors (Lipinski definition) is 4. The summed E-state index contributed by atoms with van der Waals surface area (Å²) in [7, 11) is 0. The number of benzene rings is 1. The molecule has 0 bridgehead atoms. The predicted octanol–water partition coefficient (Wildman–Crippen LogP) is 3.85. The zero-order valence-electron chi connectivity index (χ0n) is 15.8. The number of rotatable bonds is 2. The fourth-order valence-corrected chi connectivity index (χ4v) is 2.64. The van der Waals surface area contributed by atoms with Crippen LogP contribution in [0.15, 0.2) is 12.1 Å². The quantitative estimate of drug-likeness (QED) is 0.633. The molecule has 0 aliphatic carbocycles. The number of carbonyl (C=O) groups excluding carboxylic acids is 1. The van der Waals surface area contributed by atoms with Gasteiger partial charge in [-0.05, 0) is 53.5 Å². The van der Waals surface area contributed by atoms with Crippen LogP contribution in [0.25, 0.3) is 0 Å². The molecule has 1 aromatic rings. The molecule has 0 aliphatic rings. The Labute approximate surface area is 143 Å². The maximum Gasteiger partial charge on any atom is 0.418 e. The van der Waals surface area contributed by atoms with Crippen LogP contribution in [0.1, 0.15) is 72.1 Å². The van der Waals surface area contributed by atoms with E-state index in [4.69, 9.17) is 9.84 Å². The third kappa shape index (κ3) is 4.28. The van der Waals surface area contributed by atoms with E-state index in [1.165, 1.54) is 0 Å². The first-order valence-corrected chi connectivity index (χ1v) is 7.92. The molecular formula is C19H28O5. The maximum absolute atomic E-state index is 11.6. The van der Waals surface area contributed by atoms with E-state index in [1.807, 2.05) is 47.6 Å². The Hall–Kier alpha value is -2.04. The Morgan fingerprint density at radius 1 is 0.833 bits per heavy atom. The SMILES string of the molecule is CC(C)(C)c1cc(C(C)(C)OC(=O)C(=O)O)c(C(C)(C)C)cc1O. The Bertz CT molecular complexity index is 658. The molecule has 0 aliphatic heterocycles. The molecule has 24 heavy (non-hydrogen) atoms. The number of carboxylic acid groups (broad SMARTS) is 1. The summed E-state index contributed by atoms with van der Waals surface area (Å²) in [5.41, 5.74) is 0.415. The van der Waals surface area contributed by atoms with Crippen molar-refractivity contribution in [2.45, 2.75) is 71.8 Å². The van der Waals surface area contributed by atoms with Gasteiger partial charge in [-0.25, -0.2) is 9.59 Å². The van der Waals surface area contributed by atoms with Crippen LogP contribution in [0.2, 0.25) is 0 Å². The second-order valence-electron chi connectivity index (χ2n) is 8.62. The molecule has 0 saturated carbocycles. The minimum absolute atomic E-state index is 0.177. The summed E-state index contributed by atoms with van der Waals surface area (Å²) >= 11 is 0. The Balaban J connectivity index is 3.64. The second-order valence-corrected chi connectivity index (χ2v) is 8.62. The van der Waals surface area contributed by atoms with Crippen molar-refractivity contribution in [1.29, 1.82) is 0 Å². The van der Waals surface area contributed by atoms with E-state index < -0.39 is 17.5 Å². The first kappa shape index (κ1) is 20.0. The Kier molecular flexibility index (Phi) is 5.10. The van der Waals surface area contributed by atoms with Gasteiger partial charge >= 0.3 is 11.9 Å². The molecule has 0 aromatic heterocycles. The van der Waals surface area contributed by atoms with Gasteiger partial charge in [0, 0.05) is 0 Å². The first-order chi connectivity index (χ1) is 10.6. The Morgan fingerprint density at radius 3 is 1.67 bits per heavy atom. The summed E-state index contributed by atoms with van der Waals surface area (Å²) in [6.07, 6.45) is 0. The molecule has 0 radical (unpaired) electrons. The molecule has 0 saturated heterocycles. The molecule has 1 rings (SSSR count). The molecule has 0 heterocycles. The van der Waals surface area contributed by atoms with Gasteiger partial charge in [0.1, 0.15) is 11.4 Å². The van der Waals surface area contributed by atoms with Gasteiger partial charge in [0.25, 0.3) is 0 Å². The number of phenolic OH excluding ortho intramolecular Hbond substituents is 1. The van der Waals surface area contributed by atoms with Crippen LogP contribution in [-0.4, -0.2) is 22.2 Å². The van der Waals surface area contributed by atoms with Crippen molar-refractivity contribution in [3.63, 3.8) is 0 Å². The number of hydrogen-bond donors (Lipinski definition) is 2. The predicted molar refractivity (Wildman–Crippen MR) is 92.3 cm³/mol. The highest BCUT2D eigenvalue weighted by Gasteiger charge is 2.35. The van der Waals surface area contributed by atoms with Crippen molar-refractivity contribution in [1.82, 2.24) is 0 Å². The minimum Gasteiger partial charge on any atom is -0.508 e. The van der Waals surface area contributed by atoms with Crippen LogP contribution >= 0.6 is 0 Å². The number of aromatic hydroxyl groups is 1. The molecule has 1 aromatic carbocycles. The summed E-state index contributed by atoms with van der Waals surface area (Å²) in [5.74, 6) is -2.75. The summed E-state index contributed by atoms with van der Waals surface area (Å²) < 4.78 is 5.21. The van der Waals surface area contributed by atoms with Gasteiger partial charge < -0.3 is 14.9 Å². The summed E-state index contributed by atoms with van der Waals surface area (Å²) in [4.78, 5) is 22.4. The molecule has 0 fully saturated rings.